The normalized spacial score (nSPS) is 13.9. The highest BCUT2D eigenvalue weighted by molar-refractivity contribution is 5.84. The highest BCUT2D eigenvalue weighted by atomic mass is 16.4. The van der Waals surface area contributed by atoms with Crippen molar-refractivity contribution in [3.63, 3.8) is 0 Å². The molecule has 0 fully saturated rings. The lowest BCUT2D eigenvalue weighted by molar-refractivity contribution is -0.135. The van der Waals surface area contributed by atoms with E-state index >= 15 is 0 Å². The van der Waals surface area contributed by atoms with Crippen molar-refractivity contribution in [1.82, 2.24) is 0 Å². The van der Waals surface area contributed by atoms with Gasteiger partial charge in [0.15, 0.2) is 5.76 Å². The average molecular weight is 350 g/mol. The number of carbonyl (C=O) groups is 1. The van der Waals surface area contributed by atoms with Gasteiger partial charge in [-0.25, -0.2) is 4.79 Å². The van der Waals surface area contributed by atoms with E-state index in [9.17, 15) is 15.0 Å². The maximum Gasteiger partial charge on any atom is 0.375 e. The zero-order valence-electron chi connectivity index (χ0n) is 14.9. The molecule has 0 aliphatic rings. The number of aliphatic carboxylic acids is 1. The minimum absolute atomic E-state index is 0.723. The zero-order chi connectivity index (χ0) is 18.9. The molecular formula is C20H30O5. The fourth-order valence-electron chi connectivity index (χ4n) is 2.03. The van der Waals surface area contributed by atoms with Gasteiger partial charge in [-0.15, -0.1) is 0 Å². The SMILES string of the molecule is CCCCCCCCC/C=C/C=C/C=C\C=C(O)C(O)=C(O)C(=O)O. The van der Waals surface area contributed by atoms with E-state index in [4.69, 9.17) is 10.2 Å². The van der Waals surface area contributed by atoms with Crippen molar-refractivity contribution in [1.29, 1.82) is 0 Å². The van der Waals surface area contributed by atoms with Gasteiger partial charge in [0, 0.05) is 0 Å². The molecular weight excluding hydrogens is 320 g/mol. The number of carboxylic acids is 1. The molecule has 140 valence electrons. The molecule has 0 radical (unpaired) electrons. The molecule has 0 aromatic heterocycles. The third kappa shape index (κ3) is 12.6. The van der Waals surface area contributed by atoms with E-state index in [1.54, 1.807) is 12.2 Å². The molecule has 0 spiro atoms. The molecule has 5 nitrogen and oxygen atoms in total. The molecule has 4 N–H and O–H groups in total. The molecule has 0 rings (SSSR count). The highest BCUT2D eigenvalue weighted by Crippen LogP contribution is 2.09. The lowest BCUT2D eigenvalue weighted by atomic mass is 10.1. The largest absolute Gasteiger partial charge is 0.504 e. The van der Waals surface area contributed by atoms with Crippen LogP contribution in [0.5, 0.6) is 0 Å². The number of unbranched alkanes of at least 4 members (excludes halogenated alkanes) is 7. The van der Waals surface area contributed by atoms with Gasteiger partial charge in [-0.1, -0.05) is 81.9 Å². The summed E-state index contributed by atoms with van der Waals surface area (Å²) in [6.45, 7) is 2.22. The number of aliphatic hydroxyl groups is 3. The number of hydrogen-bond acceptors (Lipinski definition) is 4. The van der Waals surface area contributed by atoms with Crippen molar-refractivity contribution < 1.29 is 25.2 Å². The highest BCUT2D eigenvalue weighted by Gasteiger charge is 2.14. The van der Waals surface area contributed by atoms with E-state index < -0.39 is 23.2 Å². The fourth-order valence-corrected chi connectivity index (χ4v) is 2.03. The Morgan fingerprint density at radius 3 is 1.92 bits per heavy atom. The zero-order valence-corrected chi connectivity index (χ0v) is 14.9. The van der Waals surface area contributed by atoms with Gasteiger partial charge < -0.3 is 20.4 Å². The first-order chi connectivity index (χ1) is 12.0. The van der Waals surface area contributed by atoms with Crippen LogP contribution in [0.15, 0.2) is 59.8 Å². The minimum Gasteiger partial charge on any atom is -0.504 e. The number of allylic oxidation sites excluding steroid dienone is 7. The molecule has 0 aliphatic heterocycles. The first-order valence-corrected chi connectivity index (χ1v) is 8.75. The van der Waals surface area contributed by atoms with Crippen LogP contribution in [0.4, 0.5) is 0 Å². The topological polar surface area (TPSA) is 98.0 Å². The Balaban J connectivity index is 3.97. The Bertz CT molecular complexity index is 524. The third-order valence-electron chi connectivity index (χ3n) is 3.48. The molecule has 25 heavy (non-hydrogen) atoms. The van der Waals surface area contributed by atoms with Gasteiger partial charge in [0.25, 0.3) is 0 Å². The second-order valence-electron chi connectivity index (χ2n) is 5.66. The first kappa shape index (κ1) is 22.6. The molecule has 0 saturated heterocycles. The Labute approximate surface area is 150 Å². The van der Waals surface area contributed by atoms with Crippen LogP contribution in [-0.4, -0.2) is 26.4 Å². The maximum absolute atomic E-state index is 10.4. The smallest absolute Gasteiger partial charge is 0.375 e. The van der Waals surface area contributed by atoms with Crippen LogP contribution in [-0.2, 0) is 4.79 Å². The molecule has 5 heteroatoms. The number of aliphatic hydroxyl groups excluding tert-OH is 3. The monoisotopic (exact) mass is 350 g/mol. The molecule has 0 atom stereocenters. The third-order valence-corrected chi connectivity index (χ3v) is 3.48. The molecule has 0 heterocycles. The number of rotatable bonds is 13. The van der Waals surface area contributed by atoms with Gasteiger partial charge in [0.2, 0.25) is 11.5 Å². The van der Waals surface area contributed by atoms with E-state index in [0.717, 1.165) is 12.5 Å². The Kier molecular flexibility index (Phi) is 13.6. The summed E-state index contributed by atoms with van der Waals surface area (Å²) < 4.78 is 0. The summed E-state index contributed by atoms with van der Waals surface area (Å²) in [5, 5.41) is 36.0. The second-order valence-corrected chi connectivity index (χ2v) is 5.66. The lowest BCUT2D eigenvalue weighted by Gasteiger charge is -1.98. The van der Waals surface area contributed by atoms with Crippen LogP contribution in [0.25, 0.3) is 0 Å². The van der Waals surface area contributed by atoms with Gasteiger partial charge in [0.1, 0.15) is 0 Å². The summed E-state index contributed by atoms with van der Waals surface area (Å²) in [7, 11) is 0. The summed E-state index contributed by atoms with van der Waals surface area (Å²) in [4.78, 5) is 10.4. The Morgan fingerprint density at radius 2 is 1.28 bits per heavy atom. The quantitative estimate of drug-likeness (QED) is 0.149. The van der Waals surface area contributed by atoms with Crippen molar-refractivity contribution in [2.75, 3.05) is 0 Å². The molecule has 0 bridgehead atoms. The predicted molar refractivity (Wildman–Crippen MR) is 101 cm³/mol. The summed E-state index contributed by atoms with van der Waals surface area (Å²) >= 11 is 0. The van der Waals surface area contributed by atoms with Crippen molar-refractivity contribution in [3.8, 4) is 0 Å². The van der Waals surface area contributed by atoms with Crippen molar-refractivity contribution in [2.24, 2.45) is 0 Å². The van der Waals surface area contributed by atoms with Crippen LogP contribution in [0.1, 0.15) is 58.3 Å². The van der Waals surface area contributed by atoms with E-state index in [1.807, 2.05) is 12.2 Å². The van der Waals surface area contributed by atoms with Gasteiger partial charge in [-0.05, 0) is 18.9 Å². The maximum atomic E-state index is 10.4. The number of carboxylic acid groups (broad SMARTS) is 1. The van der Waals surface area contributed by atoms with Crippen LogP contribution < -0.4 is 0 Å². The molecule has 0 unspecified atom stereocenters. The molecule has 0 aromatic rings. The van der Waals surface area contributed by atoms with Crippen LogP contribution >= 0.6 is 0 Å². The van der Waals surface area contributed by atoms with Gasteiger partial charge in [-0.3, -0.25) is 0 Å². The molecule has 0 aliphatic carbocycles. The van der Waals surface area contributed by atoms with E-state index in [-0.39, 0.29) is 0 Å². The predicted octanol–water partition coefficient (Wildman–Crippen LogP) is 5.65. The van der Waals surface area contributed by atoms with Crippen LogP contribution in [0.3, 0.4) is 0 Å². The van der Waals surface area contributed by atoms with Crippen molar-refractivity contribution in [2.45, 2.75) is 58.3 Å². The molecule has 0 aromatic carbocycles. The van der Waals surface area contributed by atoms with Crippen molar-refractivity contribution >= 4 is 5.97 Å². The van der Waals surface area contributed by atoms with E-state index in [0.29, 0.717) is 0 Å². The Hall–Kier alpha value is -2.43. The van der Waals surface area contributed by atoms with E-state index in [2.05, 4.69) is 13.0 Å². The first-order valence-electron chi connectivity index (χ1n) is 8.75. The number of hydrogen-bond donors (Lipinski definition) is 4. The summed E-state index contributed by atoms with van der Waals surface area (Å²) in [5.74, 6) is -4.81. The van der Waals surface area contributed by atoms with Crippen molar-refractivity contribution in [3.05, 3.63) is 59.8 Å². The minimum atomic E-state index is -1.72. The molecule has 0 saturated carbocycles. The Morgan fingerprint density at radius 1 is 0.720 bits per heavy atom. The standard InChI is InChI=1S/C20H30O5/c1-2-3-4-5-6-7-8-9-10-11-12-13-14-15-16-17(21)18(22)19(23)20(24)25/h10-16,21-23H,2-9H2,1H3,(H,24,25)/b11-10+,13-12+,15-14-,17-16?,19-18?. The van der Waals surface area contributed by atoms with Gasteiger partial charge in [0.05, 0.1) is 0 Å². The second kappa shape index (κ2) is 15.1. The fraction of sp³-hybridized carbons (Fsp3) is 0.450. The van der Waals surface area contributed by atoms with Crippen LogP contribution in [0.2, 0.25) is 0 Å². The summed E-state index contributed by atoms with van der Waals surface area (Å²) in [5.41, 5.74) is 0. The lowest BCUT2D eigenvalue weighted by Crippen LogP contribution is -2.05. The van der Waals surface area contributed by atoms with E-state index in [1.165, 1.54) is 51.0 Å². The summed E-state index contributed by atoms with van der Waals surface area (Å²) in [6, 6.07) is 0. The van der Waals surface area contributed by atoms with Crippen LogP contribution in [0, 0.1) is 0 Å². The van der Waals surface area contributed by atoms with Gasteiger partial charge in [-0.2, -0.15) is 0 Å². The summed E-state index contributed by atoms with van der Waals surface area (Å²) in [6.07, 6.45) is 21.8. The average Bonchev–Trinajstić information content (AvgIpc) is 2.60. The molecule has 0 amide bonds. The van der Waals surface area contributed by atoms with Gasteiger partial charge >= 0.3 is 5.97 Å².